The van der Waals surface area contributed by atoms with Gasteiger partial charge in [0.05, 0.1) is 10.7 Å². The van der Waals surface area contributed by atoms with Crippen LogP contribution in [0.4, 0.5) is 0 Å². The van der Waals surface area contributed by atoms with E-state index >= 15 is 0 Å². The molecule has 1 saturated heterocycles. The highest BCUT2D eigenvalue weighted by Crippen LogP contribution is 2.18. The first-order valence-corrected chi connectivity index (χ1v) is 8.68. The van der Waals surface area contributed by atoms with Gasteiger partial charge in [0.2, 0.25) is 5.91 Å². The number of piperazine rings is 1. The number of nitrogens with zero attached hydrogens (tertiary/aromatic N) is 4. The Morgan fingerprint density at radius 3 is 2.46 bits per heavy atom. The first-order valence-electron chi connectivity index (χ1n) is 8.31. The molecule has 24 heavy (non-hydrogen) atoms. The van der Waals surface area contributed by atoms with Crippen LogP contribution in [-0.4, -0.2) is 51.7 Å². The van der Waals surface area contributed by atoms with E-state index in [4.69, 9.17) is 11.6 Å². The number of aryl methyl sites for hydroxylation is 1. The Balaban J connectivity index is 1.55. The van der Waals surface area contributed by atoms with Crippen molar-refractivity contribution in [2.24, 2.45) is 0 Å². The molecule has 1 aromatic carbocycles. The summed E-state index contributed by atoms with van der Waals surface area (Å²) in [6, 6.07) is 10.1. The lowest BCUT2D eigenvalue weighted by atomic mass is 10.2. The Hall–Kier alpha value is -1.85. The minimum Gasteiger partial charge on any atom is -0.338 e. The SMILES string of the molecule is Cc1nn(C(C)C(=O)N2CCN(Cc3ccccc3)CC2)cc1Cl. The largest absolute Gasteiger partial charge is 0.338 e. The van der Waals surface area contributed by atoms with Gasteiger partial charge in [0, 0.05) is 38.9 Å². The maximum absolute atomic E-state index is 12.7. The fourth-order valence-electron chi connectivity index (χ4n) is 3.00. The minimum atomic E-state index is -0.322. The number of amides is 1. The topological polar surface area (TPSA) is 41.4 Å². The Bertz CT molecular complexity index is 673. The van der Waals surface area contributed by atoms with E-state index < -0.39 is 0 Å². The number of hydrogen-bond acceptors (Lipinski definition) is 3. The van der Waals surface area contributed by atoms with Crippen LogP contribution in [0.25, 0.3) is 0 Å². The highest BCUT2D eigenvalue weighted by atomic mass is 35.5. The number of halogens is 1. The van der Waals surface area contributed by atoms with Gasteiger partial charge >= 0.3 is 0 Å². The van der Waals surface area contributed by atoms with Gasteiger partial charge in [-0.2, -0.15) is 5.10 Å². The molecule has 2 heterocycles. The lowest BCUT2D eigenvalue weighted by molar-refractivity contribution is -0.136. The summed E-state index contributed by atoms with van der Waals surface area (Å²) in [5.74, 6) is 0.105. The summed E-state index contributed by atoms with van der Waals surface area (Å²) in [4.78, 5) is 17.0. The molecule has 1 atom stereocenters. The van der Waals surface area contributed by atoms with Crippen LogP contribution in [-0.2, 0) is 11.3 Å². The summed E-state index contributed by atoms with van der Waals surface area (Å²) >= 11 is 6.05. The zero-order valence-corrected chi connectivity index (χ0v) is 14.9. The molecule has 1 aromatic heterocycles. The Morgan fingerprint density at radius 1 is 1.21 bits per heavy atom. The van der Waals surface area contributed by atoms with Crippen LogP contribution in [0.15, 0.2) is 36.5 Å². The van der Waals surface area contributed by atoms with Crippen LogP contribution in [0.5, 0.6) is 0 Å². The lowest BCUT2D eigenvalue weighted by Gasteiger charge is -2.36. The molecule has 0 N–H and O–H groups in total. The monoisotopic (exact) mass is 346 g/mol. The minimum absolute atomic E-state index is 0.105. The van der Waals surface area contributed by atoms with Crippen molar-refractivity contribution in [3.8, 4) is 0 Å². The summed E-state index contributed by atoms with van der Waals surface area (Å²) in [6.07, 6.45) is 1.73. The zero-order valence-electron chi connectivity index (χ0n) is 14.2. The van der Waals surface area contributed by atoms with Crippen LogP contribution >= 0.6 is 11.6 Å². The Kier molecular flexibility index (Phi) is 5.21. The first kappa shape index (κ1) is 17.0. The number of aromatic nitrogens is 2. The van der Waals surface area contributed by atoms with E-state index in [0.29, 0.717) is 5.02 Å². The van der Waals surface area contributed by atoms with Gasteiger partial charge in [-0.3, -0.25) is 14.4 Å². The van der Waals surface area contributed by atoms with E-state index in [-0.39, 0.29) is 11.9 Å². The summed E-state index contributed by atoms with van der Waals surface area (Å²) in [5.41, 5.74) is 2.07. The molecule has 5 nitrogen and oxygen atoms in total. The summed E-state index contributed by atoms with van der Waals surface area (Å²) in [6.45, 7) is 7.96. The zero-order chi connectivity index (χ0) is 17.1. The predicted octanol–water partition coefficient (Wildman–Crippen LogP) is 2.75. The van der Waals surface area contributed by atoms with Crippen LogP contribution in [0.3, 0.4) is 0 Å². The van der Waals surface area contributed by atoms with Gasteiger partial charge in [-0.05, 0) is 19.4 Å². The molecule has 1 aliphatic heterocycles. The molecular formula is C18H23ClN4O. The van der Waals surface area contributed by atoms with Gasteiger partial charge in [-0.1, -0.05) is 41.9 Å². The lowest BCUT2D eigenvalue weighted by Crippen LogP contribution is -2.49. The Labute approximate surface area is 147 Å². The van der Waals surface area contributed by atoms with Crippen molar-refractivity contribution in [3.05, 3.63) is 52.8 Å². The van der Waals surface area contributed by atoms with Crippen molar-refractivity contribution < 1.29 is 4.79 Å². The summed E-state index contributed by atoms with van der Waals surface area (Å²) < 4.78 is 1.66. The van der Waals surface area contributed by atoms with Gasteiger partial charge < -0.3 is 4.90 Å². The smallest absolute Gasteiger partial charge is 0.247 e. The number of hydrogen-bond donors (Lipinski definition) is 0. The normalized spacial score (nSPS) is 17.0. The fraction of sp³-hybridized carbons (Fsp3) is 0.444. The van der Waals surface area contributed by atoms with Gasteiger partial charge in [-0.15, -0.1) is 0 Å². The third-order valence-corrected chi connectivity index (χ3v) is 4.91. The van der Waals surface area contributed by atoms with Gasteiger partial charge in [0.25, 0.3) is 0 Å². The molecule has 6 heteroatoms. The maximum atomic E-state index is 12.7. The molecule has 1 aliphatic rings. The molecule has 0 spiro atoms. The van der Waals surface area contributed by atoms with Crippen LogP contribution < -0.4 is 0 Å². The van der Waals surface area contributed by atoms with E-state index in [1.807, 2.05) is 24.8 Å². The molecule has 0 radical (unpaired) electrons. The number of benzene rings is 1. The first-order chi connectivity index (χ1) is 11.5. The van der Waals surface area contributed by atoms with E-state index in [1.54, 1.807) is 10.9 Å². The van der Waals surface area contributed by atoms with Crippen molar-refractivity contribution in [1.82, 2.24) is 19.6 Å². The van der Waals surface area contributed by atoms with Crippen LogP contribution in [0.2, 0.25) is 5.02 Å². The quantitative estimate of drug-likeness (QED) is 0.854. The second-order valence-electron chi connectivity index (χ2n) is 6.31. The molecule has 1 unspecified atom stereocenters. The second-order valence-corrected chi connectivity index (χ2v) is 6.71. The predicted molar refractivity (Wildman–Crippen MR) is 95.0 cm³/mol. The second kappa shape index (κ2) is 7.36. The van der Waals surface area contributed by atoms with E-state index in [1.165, 1.54) is 5.56 Å². The summed E-state index contributed by atoms with van der Waals surface area (Å²) in [5, 5.41) is 4.92. The molecule has 1 fully saturated rings. The van der Waals surface area contributed by atoms with Crippen LogP contribution in [0.1, 0.15) is 24.2 Å². The molecule has 0 saturated carbocycles. The molecule has 0 aliphatic carbocycles. The average molecular weight is 347 g/mol. The molecule has 2 aromatic rings. The van der Waals surface area contributed by atoms with Gasteiger partial charge in [0.15, 0.2) is 0 Å². The number of carbonyl (C=O) groups is 1. The molecule has 1 amide bonds. The fourth-order valence-corrected chi connectivity index (χ4v) is 3.14. The van der Waals surface area contributed by atoms with E-state index in [9.17, 15) is 4.79 Å². The number of rotatable bonds is 4. The molecule has 128 valence electrons. The third-order valence-electron chi connectivity index (χ3n) is 4.54. The molecule has 0 bridgehead atoms. The van der Waals surface area contributed by atoms with E-state index in [2.05, 4.69) is 34.3 Å². The van der Waals surface area contributed by atoms with Gasteiger partial charge in [0.1, 0.15) is 6.04 Å². The van der Waals surface area contributed by atoms with Gasteiger partial charge in [-0.25, -0.2) is 0 Å². The van der Waals surface area contributed by atoms with Crippen molar-refractivity contribution in [2.45, 2.75) is 26.4 Å². The third kappa shape index (κ3) is 3.79. The van der Waals surface area contributed by atoms with Crippen molar-refractivity contribution in [2.75, 3.05) is 26.2 Å². The highest BCUT2D eigenvalue weighted by molar-refractivity contribution is 6.31. The Morgan fingerprint density at radius 2 is 1.88 bits per heavy atom. The average Bonchev–Trinajstić information content (AvgIpc) is 2.94. The standard InChI is InChI=1S/C18H23ClN4O/c1-14-17(19)13-23(20-14)15(2)18(24)22-10-8-21(9-11-22)12-16-6-4-3-5-7-16/h3-7,13,15H,8-12H2,1-2H3. The van der Waals surface area contributed by atoms with Crippen LogP contribution in [0, 0.1) is 6.92 Å². The van der Waals surface area contributed by atoms with E-state index in [0.717, 1.165) is 38.4 Å². The van der Waals surface area contributed by atoms with Crippen molar-refractivity contribution >= 4 is 17.5 Å². The van der Waals surface area contributed by atoms with Crippen molar-refractivity contribution in [1.29, 1.82) is 0 Å². The molecule has 3 rings (SSSR count). The molecular weight excluding hydrogens is 324 g/mol. The summed E-state index contributed by atoms with van der Waals surface area (Å²) in [7, 11) is 0. The maximum Gasteiger partial charge on any atom is 0.247 e. The number of carbonyl (C=O) groups excluding carboxylic acids is 1. The van der Waals surface area contributed by atoms with Crippen molar-refractivity contribution in [3.63, 3.8) is 0 Å². The highest BCUT2D eigenvalue weighted by Gasteiger charge is 2.26.